The Labute approximate surface area is 234 Å². The molecule has 41 heavy (non-hydrogen) atoms. The number of hydrogen-bond acceptors (Lipinski definition) is 4. The Morgan fingerprint density at radius 2 is 1.44 bits per heavy atom. The summed E-state index contributed by atoms with van der Waals surface area (Å²) in [6.45, 7) is -0.171. The number of halogens is 6. The highest BCUT2D eigenvalue weighted by Crippen LogP contribution is 2.34. The third-order valence-corrected chi connectivity index (χ3v) is 7.20. The molecular formula is C29H20F6N4OS. The fraction of sp³-hybridized carbons (Fsp3) is 0.138. The van der Waals surface area contributed by atoms with Gasteiger partial charge in [0.25, 0.3) is 5.91 Å². The van der Waals surface area contributed by atoms with Gasteiger partial charge >= 0.3 is 12.4 Å². The van der Waals surface area contributed by atoms with Crippen molar-refractivity contribution in [2.45, 2.75) is 29.8 Å². The minimum Gasteiger partial charge on any atom is -0.345 e. The van der Waals surface area contributed by atoms with Crippen LogP contribution in [0.2, 0.25) is 0 Å². The van der Waals surface area contributed by atoms with Gasteiger partial charge in [-0.1, -0.05) is 72.4 Å². The van der Waals surface area contributed by atoms with Crippen LogP contribution in [0.3, 0.4) is 0 Å². The molecule has 0 fully saturated rings. The Balaban J connectivity index is 1.45. The lowest BCUT2D eigenvalue weighted by Crippen LogP contribution is -2.25. The van der Waals surface area contributed by atoms with E-state index < -0.39 is 29.4 Å². The van der Waals surface area contributed by atoms with Crippen LogP contribution in [-0.4, -0.2) is 20.7 Å². The number of benzene rings is 4. The van der Waals surface area contributed by atoms with Gasteiger partial charge in [-0.3, -0.25) is 9.36 Å². The Morgan fingerprint density at radius 1 is 0.780 bits per heavy atom. The summed E-state index contributed by atoms with van der Waals surface area (Å²) in [6, 6.07) is 21.8. The first kappa shape index (κ1) is 28.2. The van der Waals surface area contributed by atoms with E-state index in [2.05, 4.69) is 15.5 Å². The lowest BCUT2D eigenvalue weighted by molar-refractivity contribution is -0.138. The van der Waals surface area contributed by atoms with Crippen molar-refractivity contribution in [2.24, 2.45) is 0 Å². The summed E-state index contributed by atoms with van der Waals surface area (Å²) < 4.78 is 81.3. The molecule has 0 aliphatic rings. The molecule has 5 aromatic rings. The summed E-state index contributed by atoms with van der Waals surface area (Å²) in [4.78, 5) is 13.1. The van der Waals surface area contributed by atoms with Crippen LogP contribution >= 0.6 is 11.8 Å². The highest BCUT2D eigenvalue weighted by Gasteiger charge is 2.32. The second-order valence-electron chi connectivity index (χ2n) is 8.98. The second kappa shape index (κ2) is 11.3. The van der Waals surface area contributed by atoms with Crippen LogP contribution in [-0.2, 0) is 24.7 Å². The fourth-order valence-corrected chi connectivity index (χ4v) is 5.17. The zero-order chi connectivity index (χ0) is 29.2. The molecule has 1 N–H and O–H groups in total. The normalized spacial score (nSPS) is 12.0. The smallest absolute Gasteiger partial charge is 0.345 e. The van der Waals surface area contributed by atoms with Crippen LogP contribution in [0, 0.1) is 0 Å². The van der Waals surface area contributed by atoms with E-state index in [-0.39, 0.29) is 29.0 Å². The van der Waals surface area contributed by atoms with Crippen molar-refractivity contribution >= 4 is 28.4 Å². The number of carbonyl (C=O) groups excluding carboxylic acids is 1. The van der Waals surface area contributed by atoms with Gasteiger partial charge in [-0.2, -0.15) is 26.3 Å². The van der Waals surface area contributed by atoms with Gasteiger partial charge in [0.1, 0.15) is 0 Å². The van der Waals surface area contributed by atoms with E-state index in [0.29, 0.717) is 11.1 Å². The van der Waals surface area contributed by atoms with E-state index >= 15 is 0 Å². The van der Waals surface area contributed by atoms with Crippen LogP contribution in [0.15, 0.2) is 96.2 Å². The summed E-state index contributed by atoms with van der Waals surface area (Å²) in [5.41, 5.74) is -0.873. The Kier molecular flexibility index (Phi) is 7.76. The molecule has 0 aliphatic carbocycles. The standard InChI is InChI=1S/C29H20F6N4OS/c30-28(31,32)20-9-3-6-18(14-20)17-41-27-38-37-25(39(27)22-11-5-10-21(15-22)29(33,34)35)16-36-26(40)24-13-4-8-19-7-1-2-12-23(19)24/h1-15H,16-17H2,(H,36,40). The molecule has 0 bridgehead atoms. The highest BCUT2D eigenvalue weighted by atomic mass is 32.2. The van der Waals surface area contributed by atoms with Crippen LogP contribution in [0.25, 0.3) is 16.5 Å². The predicted molar refractivity (Wildman–Crippen MR) is 142 cm³/mol. The van der Waals surface area contributed by atoms with Crippen LogP contribution in [0.1, 0.15) is 32.9 Å². The van der Waals surface area contributed by atoms with Gasteiger partial charge in [-0.05, 0) is 46.7 Å². The third-order valence-electron chi connectivity index (χ3n) is 6.20. The van der Waals surface area contributed by atoms with Gasteiger partial charge in [0.2, 0.25) is 0 Å². The van der Waals surface area contributed by atoms with Crippen molar-refractivity contribution in [3.05, 3.63) is 119 Å². The van der Waals surface area contributed by atoms with Crippen molar-refractivity contribution in [2.75, 3.05) is 0 Å². The maximum Gasteiger partial charge on any atom is 0.416 e. The molecule has 0 spiro atoms. The second-order valence-corrected chi connectivity index (χ2v) is 9.92. The van der Waals surface area contributed by atoms with Crippen LogP contribution < -0.4 is 5.32 Å². The maximum atomic E-state index is 13.5. The van der Waals surface area contributed by atoms with Gasteiger partial charge < -0.3 is 5.32 Å². The monoisotopic (exact) mass is 586 g/mol. The molecule has 1 heterocycles. The molecule has 12 heteroatoms. The van der Waals surface area contributed by atoms with E-state index in [1.54, 1.807) is 24.3 Å². The number of rotatable bonds is 7. The van der Waals surface area contributed by atoms with E-state index in [9.17, 15) is 31.1 Å². The molecule has 0 unspecified atom stereocenters. The highest BCUT2D eigenvalue weighted by molar-refractivity contribution is 7.98. The van der Waals surface area contributed by atoms with Gasteiger partial charge in [-0.15, -0.1) is 10.2 Å². The molecule has 0 radical (unpaired) electrons. The molecule has 4 aromatic carbocycles. The van der Waals surface area contributed by atoms with Gasteiger partial charge in [0.15, 0.2) is 11.0 Å². The van der Waals surface area contributed by atoms with Gasteiger partial charge in [0.05, 0.1) is 23.4 Å². The summed E-state index contributed by atoms with van der Waals surface area (Å²) in [5, 5.41) is 12.7. The fourth-order valence-electron chi connectivity index (χ4n) is 4.25. The first-order chi connectivity index (χ1) is 19.5. The number of thioether (sulfide) groups is 1. The molecule has 210 valence electrons. The van der Waals surface area contributed by atoms with E-state index in [4.69, 9.17) is 0 Å². The van der Waals surface area contributed by atoms with E-state index in [0.717, 1.165) is 46.8 Å². The van der Waals surface area contributed by atoms with Crippen LogP contribution in [0.5, 0.6) is 0 Å². The van der Waals surface area contributed by atoms with E-state index in [1.165, 1.54) is 28.8 Å². The molecule has 5 nitrogen and oxygen atoms in total. The molecule has 0 saturated carbocycles. The number of aromatic nitrogens is 3. The quantitative estimate of drug-likeness (QED) is 0.157. The summed E-state index contributed by atoms with van der Waals surface area (Å²) in [5.74, 6) is -0.230. The Bertz CT molecular complexity index is 1710. The molecular weight excluding hydrogens is 566 g/mol. The van der Waals surface area contributed by atoms with Crippen molar-refractivity contribution in [1.82, 2.24) is 20.1 Å². The number of carbonyl (C=O) groups is 1. The van der Waals surface area contributed by atoms with Crippen molar-refractivity contribution in [3.8, 4) is 5.69 Å². The molecule has 5 rings (SSSR count). The van der Waals surface area contributed by atoms with E-state index in [1.807, 2.05) is 18.2 Å². The van der Waals surface area contributed by atoms with Crippen molar-refractivity contribution in [1.29, 1.82) is 0 Å². The molecule has 0 atom stereocenters. The number of hydrogen-bond donors (Lipinski definition) is 1. The average molecular weight is 587 g/mol. The van der Waals surface area contributed by atoms with Crippen molar-refractivity contribution < 1.29 is 31.1 Å². The predicted octanol–water partition coefficient (Wildman–Crippen LogP) is 7.68. The maximum absolute atomic E-state index is 13.5. The first-order valence-corrected chi connectivity index (χ1v) is 13.2. The zero-order valence-electron chi connectivity index (χ0n) is 21.0. The number of alkyl halides is 6. The zero-order valence-corrected chi connectivity index (χ0v) is 21.8. The van der Waals surface area contributed by atoms with Crippen molar-refractivity contribution in [3.63, 3.8) is 0 Å². The number of nitrogens with one attached hydrogen (secondary N) is 1. The van der Waals surface area contributed by atoms with Gasteiger partial charge in [-0.25, -0.2) is 0 Å². The SMILES string of the molecule is O=C(NCc1nnc(SCc2cccc(C(F)(F)F)c2)n1-c1cccc(C(F)(F)F)c1)c1cccc2ccccc12. The minimum atomic E-state index is -4.61. The first-order valence-electron chi connectivity index (χ1n) is 12.2. The lowest BCUT2D eigenvalue weighted by Gasteiger charge is -2.14. The molecule has 1 amide bonds. The third kappa shape index (κ3) is 6.37. The lowest BCUT2D eigenvalue weighted by atomic mass is 10.0. The Hall–Kier alpha value is -4.32. The topological polar surface area (TPSA) is 59.8 Å². The average Bonchev–Trinajstić information content (AvgIpc) is 3.36. The number of nitrogens with zero attached hydrogens (tertiary/aromatic N) is 3. The van der Waals surface area contributed by atoms with Gasteiger partial charge in [0, 0.05) is 11.3 Å². The molecule has 0 saturated heterocycles. The summed E-state index contributed by atoms with van der Waals surface area (Å²) in [6.07, 6.45) is -9.13. The molecule has 0 aliphatic heterocycles. The van der Waals surface area contributed by atoms with Crippen LogP contribution in [0.4, 0.5) is 26.3 Å². The summed E-state index contributed by atoms with van der Waals surface area (Å²) in [7, 11) is 0. The largest absolute Gasteiger partial charge is 0.416 e. The Morgan fingerprint density at radius 3 is 2.20 bits per heavy atom. The summed E-state index contributed by atoms with van der Waals surface area (Å²) >= 11 is 1.01. The number of fused-ring (bicyclic) bond motifs is 1. The number of amides is 1. The molecule has 1 aromatic heterocycles. The minimum absolute atomic E-state index is 0.0450.